The van der Waals surface area contributed by atoms with E-state index in [1.165, 1.54) is 6.42 Å². The smallest absolute Gasteiger partial charge is 0.383 e. The maximum atomic E-state index is 13.3. The van der Waals surface area contributed by atoms with Crippen LogP contribution in [0.4, 0.5) is 29.7 Å². The molecule has 0 spiro atoms. The van der Waals surface area contributed by atoms with Crippen LogP contribution in [-0.4, -0.2) is 36.5 Å². The fraction of sp³-hybridized carbons (Fsp3) is 0.423. The second-order valence-electron chi connectivity index (χ2n) is 9.89. The molecular formula is C26H29F3N8S. The summed E-state index contributed by atoms with van der Waals surface area (Å²) in [4.78, 5) is 3.77. The van der Waals surface area contributed by atoms with E-state index in [4.69, 9.17) is 0 Å². The largest absolute Gasteiger partial charge is 0.452 e. The van der Waals surface area contributed by atoms with Gasteiger partial charge in [-0.05, 0) is 52.6 Å². The Bertz CT molecular complexity index is 1360. The zero-order valence-corrected chi connectivity index (χ0v) is 22.0. The summed E-state index contributed by atoms with van der Waals surface area (Å²) >= 11 is 0.710. The van der Waals surface area contributed by atoms with Crippen molar-refractivity contribution in [2.45, 2.75) is 58.0 Å². The molecule has 2 aromatic heterocycles. The summed E-state index contributed by atoms with van der Waals surface area (Å²) < 4.78 is 43.4. The number of rotatable bonds is 8. The number of tetrazole rings is 1. The highest BCUT2D eigenvalue weighted by Gasteiger charge is 2.36. The molecule has 8 nitrogen and oxygen atoms in total. The van der Waals surface area contributed by atoms with Gasteiger partial charge in [-0.3, -0.25) is 0 Å². The van der Waals surface area contributed by atoms with Gasteiger partial charge in [0.05, 0.1) is 11.4 Å². The number of nitrogens with one attached hydrogen (secondary N) is 3. The highest BCUT2D eigenvalue weighted by molar-refractivity contribution is 7.09. The Morgan fingerprint density at radius 1 is 1.03 bits per heavy atom. The lowest BCUT2D eigenvalue weighted by molar-refractivity contribution is -0.144. The Hall–Kier alpha value is -3.54. The molecule has 0 bridgehead atoms. The van der Waals surface area contributed by atoms with Crippen molar-refractivity contribution in [2.24, 2.45) is 5.92 Å². The number of anilines is 3. The molecule has 4 aromatic rings. The number of nitrogens with zero attached hydrogens (tertiary/aromatic N) is 5. The summed E-state index contributed by atoms with van der Waals surface area (Å²) in [7, 11) is 0. The predicted molar refractivity (Wildman–Crippen MR) is 142 cm³/mol. The highest BCUT2D eigenvalue weighted by atomic mass is 32.1. The molecule has 3 N–H and O–H groups in total. The lowest BCUT2D eigenvalue weighted by Crippen LogP contribution is -2.14. The number of benzene rings is 2. The van der Waals surface area contributed by atoms with Gasteiger partial charge in [0.15, 0.2) is 0 Å². The van der Waals surface area contributed by atoms with Gasteiger partial charge >= 0.3 is 6.18 Å². The number of alkyl halides is 3. The molecule has 200 valence electrons. The van der Waals surface area contributed by atoms with Crippen LogP contribution in [0.3, 0.4) is 0 Å². The average molecular weight is 543 g/mol. The average Bonchev–Trinajstić information content (AvgIpc) is 3.61. The summed E-state index contributed by atoms with van der Waals surface area (Å²) in [6.45, 7) is 4.93. The first-order valence-corrected chi connectivity index (χ1v) is 13.5. The van der Waals surface area contributed by atoms with E-state index in [0.717, 1.165) is 59.3 Å². The molecule has 0 atom stereocenters. The van der Waals surface area contributed by atoms with Crippen LogP contribution in [0.1, 0.15) is 63.3 Å². The molecule has 2 aromatic carbocycles. The van der Waals surface area contributed by atoms with Crippen LogP contribution < -0.4 is 10.6 Å². The van der Waals surface area contributed by atoms with Crippen molar-refractivity contribution < 1.29 is 13.2 Å². The Kier molecular flexibility index (Phi) is 7.59. The summed E-state index contributed by atoms with van der Waals surface area (Å²) in [6, 6.07) is 11.9. The molecule has 1 aliphatic carbocycles. The van der Waals surface area contributed by atoms with Gasteiger partial charge in [-0.15, -0.1) is 10.2 Å². The number of hydrogen-bond donors (Lipinski definition) is 3. The Morgan fingerprint density at radius 2 is 1.79 bits per heavy atom. The lowest BCUT2D eigenvalue weighted by Gasteiger charge is -2.29. The zero-order valence-electron chi connectivity index (χ0n) is 21.1. The zero-order chi connectivity index (χ0) is 26.7. The molecule has 38 heavy (non-hydrogen) atoms. The van der Waals surface area contributed by atoms with E-state index in [9.17, 15) is 13.2 Å². The standard InChI is InChI=1S/C26H29F3N8S/c1-15(2)14-30-20-13-12-18(17-10-6-7-11-19(17)23-33-36-37-34-23)21(16-8-4-3-5-9-16)22(20)31-25-32-24(35-38-25)26(27,28)29/h6-7,10-13,15-16,30H,3-5,8-9,14H2,1-2H3,(H,31,32,35)(H,33,34,36,37). The Morgan fingerprint density at radius 3 is 2.45 bits per heavy atom. The maximum absolute atomic E-state index is 13.3. The first-order valence-electron chi connectivity index (χ1n) is 12.7. The first kappa shape index (κ1) is 26.1. The van der Waals surface area contributed by atoms with Crippen LogP contribution in [-0.2, 0) is 6.18 Å². The Balaban J connectivity index is 1.69. The molecule has 2 heterocycles. The minimum Gasteiger partial charge on any atom is -0.383 e. The fourth-order valence-electron chi connectivity index (χ4n) is 4.95. The van der Waals surface area contributed by atoms with Crippen LogP contribution in [0.25, 0.3) is 22.5 Å². The van der Waals surface area contributed by atoms with Gasteiger partial charge in [-0.2, -0.15) is 27.7 Å². The SMILES string of the molecule is CC(C)CNc1ccc(-c2ccccc2-c2nn[nH]n2)c(C2CCCCC2)c1Nc1nc(C(F)(F)F)ns1. The van der Waals surface area contributed by atoms with E-state index in [-0.39, 0.29) is 11.0 Å². The van der Waals surface area contributed by atoms with Crippen LogP contribution in [0.15, 0.2) is 36.4 Å². The molecule has 0 aliphatic heterocycles. The first-order chi connectivity index (χ1) is 18.3. The summed E-state index contributed by atoms with van der Waals surface area (Å²) in [5.41, 5.74) is 5.35. The van der Waals surface area contributed by atoms with E-state index in [2.05, 4.69) is 60.5 Å². The van der Waals surface area contributed by atoms with Gasteiger partial charge in [0.1, 0.15) is 0 Å². The van der Waals surface area contributed by atoms with Crippen molar-refractivity contribution >= 4 is 28.0 Å². The highest BCUT2D eigenvalue weighted by Crippen LogP contribution is 2.47. The van der Waals surface area contributed by atoms with Gasteiger partial charge in [0.2, 0.25) is 16.8 Å². The molecular weight excluding hydrogens is 513 g/mol. The van der Waals surface area contributed by atoms with Crippen LogP contribution in [0, 0.1) is 5.92 Å². The summed E-state index contributed by atoms with van der Waals surface area (Å²) in [6.07, 6.45) is 0.734. The third-order valence-electron chi connectivity index (χ3n) is 6.67. The number of aromatic amines is 1. The third kappa shape index (κ3) is 5.64. The summed E-state index contributed by atoms with van der Waals surface area (Å²) in [5.74, 6) is -0.0708. The van der Waals surface area contributed by atoms with E-state index < -0.39 is 12.0 Å². The van der Waals surface area contributed by atoms with E-state index in [1.807, 2.05) is 30.3 Å². The van der Waals surface area contributed by atoms with Crippen molar-refractivity contribution in [3.05, 3.63) is 47.8 Å². The van der Waals surface area contributed by atoms with Gasteiger partial charge in [0.25, 0.3) is 0 Å². The van der Waals surface area contributed by atoms with E-state index in [1.54, 1.807) is 0 Å². The number of halogens is 3. The Labute approximate surface area is 222 Å². The van der Waals surface area contributed by atoms with Crippen molar-refractivity contribution in [3.8, 4) is 22.5 Å². The van der Waals surface area contributed by atoms with Gasteiger partial charge in [-0.1, -0.05) is 63.4 Å². The van der Waals surface area contributed by atoms with Crippen molar-refractivity contribution in [3.63, 3.8) is 0 Å². The molecule has 1 saturated carbocycles. The normalized spacial score (nSPS) is 14.7. The van der Waals surface area contributed by atoms with Crippen molar-refractivity contribution in [2.75, 3.05) is 17.2 Å². The number of aromatic nitrogens is 6. The van der Waals surface area contributed by atoms with Crippen molar-refractivity contribution in [1.29, 1.82) is 0 Å². The molecule has 0 amide bonds. The predicted octanol–water partition coefficient (Wildman–Crippen LogP) is 7.26. The minimum absolute atomic E-state index is 0.102. The second kappa shape index (κ2) is 11.1. The van der Waals surface area contributed by atoms with E-state index in [0.29, 0.717) is 29.8 Å². The number of hydrogen-bond acceptors (Lipinski definition) is 8. The number of H-pyrrole nitrogens is 1. The molecule has 1 fully saturated rings. The van der Waals surface area contributed by atoms with Crippen LogP contribution >= 0.6 is 11.5 Å². The molecule has 1 aliphatic rings. The second-order valence-corrected chi connectivity index (χ2v) is 10.6. The van der Waals surface area contributed by atoms with Gasteiger partial charge < -0.3 is 10.6 Å². The quantitative estimate of drug-likeness (QED) is 0.215. The molecule has 0 unspecified atom stereocenters. The maximum Gasteiger partial charge on any atom is 0.452 e. The van der Waals surface area contributed by atoms with Crippen LogP contribution in [0.2, 0.25) is 0 Å². The third-order valence-corrected chi connectivity index (χ3v) is 7.31. The van der Waals surface area contributed by atoms with E-state index >= 15 is 0 Å². The minimum atomic E-state index is -4.60. The fourth-order valence-corrected chi connectivity index (χ4v) is 5.54. The molecule has 5 rings (SSSR count). The van der Waals surface area contributed by atoms with Gasteiger partial charge in [-0.25, -0.2) is 0 Å². The molecule has 0 saturated heterocycles. The van der Waals surface area contributed by atoms with Gasteiger partial charge in [0, 0.05) is 23.6 Å². The van der Waals surface area contributed by atoms with Crippen LogP contribution in [0.5, 0.6) is 0 Å². The topological polar surface area (TPSA) is 104 Å². The molecule has 12 heteroatoms. The summed E-state index contributed by atoms with van der Waals surface area (Å²) in [5, 5.41) is 21.5. The molecule has 0 radical (unpaired) electrons. The van der Waals surface area contributed by atoms with Crippen molar-refractivity contribution in [1.82, 2.24) is 30.0 Å². The monoisotopic (exact) mass is 542 g/mol. The lowest BCUT2D eigenvalue weighted by atomic mass is 9.79.